The van der Waals surface area contributed by atoms with Gasteiger partial charge in [0.25, 0.3) is 0 Å². The molecule has 2 rings (SSSR count). The number of rotatable bonds is 6. The minimum Gasteiger partial charge on any atom is -0.469 e. The van der Waals surface area contributed by atoms with Crippen LogP contribution in [-0.4, -0.2) is 14.8 Å². The molecule has 2 aromatic rings. The molecule has 0 aliphatic heterocycles. The van der Waals surface area contributed by atoms with E-state index in [2.05, 4.69) is 36.3 Å². The molecule has 1 atom stereocenters. The van der Waals surface area contributed by atoms with Gasteiger partial charge in [-0.25, -0.2) is 9.67 Å². The largest absolute Gasteiger partial charge is 0.469 e. The van der Waals surface area contributed by atoms with Gasteiger partial charge in [-0.05, 0) is 19.9 Å². The van der Waals surface area contributed by atoms with Gasteiger partial charge in [0.2, 0.25) is 0 Å². The van der Waals surface area contributed by atoms with Crippen molar-refractivity contribution in [3.63, 3.8) is 0 Å². The van der Waals surface area contributed by atoms with Gasteiger partial charge in [0.1, 0.15) is 17.9 Å². The molecule has 0 fully saturated rings. The van der Waals surface area contributed by atoms with Gasteiger partial charge in [-0.1, -0.05) is 6.92 Å². The average Bonchev–Trinajstić information content (AvgIpc) is 3.04. The Labute approximate surface area is 113 Å². The molecule has 104 valence electrons. The molecule has 19 heavy (non-hydrogen) atoms. The van der Waals surface area contributed by atoms with Crippen LogP contribution in [0.15, 0.2) is 23.1 Å². The lowest BCUT2D eigenvalue weighted by molar-refractivity contribution is 0.456. The number of furan rings is 1. The fraction of sp³-hybridized carbons (Fsp3) is 0.538. The second kappa shape index (κ2) is 5.99. The van der Waals surface area contributed by atoms with E-state index in [1.807, 2.05) is 10.7 Å². The fourth-order valence-electron chi connectivity index (χ4n) is 2.24. The first-order valence-corrected chi connectivity index (χ1v) is 6.58. The molecule has 0 bridgehead atoms. The summed E-state index contributed by atoms with van der Waals surface area (Å²) in [7, 11) is 0. The molecule has 3 N–H and O–H groups in total. The highest BCUT2D eigenvalue weighted by atomic mass is 16.3. The first kappa shape index (κ1) is 13.8. The number of hydrazine groups is 1. The molecule has 1 unspecified atom stereocenters. The van der Waals surface area contributed by atoms with Crippen LogP contribution in [0.5, 0.6) is 0 Å². The summed E-state index contributed by atoms with van der Waals surface area (Å²) in [4.78, 5) is 4.32. The molecule has 6 nitrogen and oxygen atoms in total. The van der Waals surface area contributed by atoms with Crippen molar-refractivity contribution in [1.29, 1.82) is 0 Å². The summed E-state index contributed by atoms with van der Waals surface area (Å²) >= 11 is 0. The van der Waals surface area contributed by atoms with E-state index in [1.54, 1.807) is 12.6 Å². The van der Waals surface area contributed by atoms with E-state index in [0.29, 0.717) is 6.42 Å². The maximum Gasteiger partial charge on any atom is 0.138 e. The van der Waals surface area contributed by atoms with Gasteiger partial charge < -0.3 is 4.42 Å². The van der Waals surface area contributed by atoms with Gasteiger partial charge in [0.15, 0.2) is 0 Å². The Hall–Kier alpha value is -1.66. The standard InChI is InChI=1S/C13H21N5O/c1-4-12-10(5-6-19-12)11(17-14)7-13-15-8-16-18(13)9(2)3/h5-6,8-9,11,17H,4,7,14H2,1-3H3. The number of hydrogen-bond donors (Lipinski definition) is 2. The van der Waals surface area contributed by atoms with Gasteiger partial charge in [0.05, 0.1) is 12.3 Å². The molecule has 0 spiro atoms. The summed E-state index contributed by atoms with van der Waals surface area (Å²) in [5.74, 6) is 7.56. The Morgan fingerprint density at radius 1 is 1.47 bits per heavy atom. The Morgan fingerprint density at radius 2 is 2.26 bits per heavy atom. The van der Waals surface area contributed by atoms with E-state index in [0.717, 1.165) is 23.6 Å². The van der Waals surface area contributed by atoms with Crippen LogP contribution in [0.4, 0.5) is 0 Å². The smallest absolute Gasteiger partial charge is 0.138 e. The van der Waals surface area contributed by atoms with Crippen LogP contribution in [0.25, 0.3) is 0 Å². The summed E-state index contributed by atoms with van der Waals surface area (Å²) in [6, 6.07) is 2.22. The van der Waals surface area contributed by atoms with Gasteiger partial charge in [-0.2, -0.15) is 5.10 Å². The predicted octanol–water partition coefficient (Wildman–Crippen LogP) is 1.76. The zero-order valence-electron chi connectivity index (χ0n) is 11.6. The highest BCUT2D eigenvalue weighted by molar-refractivity contribution is 5.22. The zero-order valence-corrected chi connectivity index (χ0v) is 11.6. The number of aromatic nitrogens is 3. The summed E-state index contributed by atoms with van der Waals surface area (Å²) in [6.07, 6.45) is 4.81. The lowest BCUT2D eigenvalue weighted by Gasteiger charge is -2.17. The summed E-state index contributed by atoms with van der Waals surface area (Å²) in [5, 5.41) is 4.24. The monoisotopic (exact) mass is 263 g/mol. The quantitative estimate of drug-likeness (QED) is 0.613. The van der Waals surface area contributed by atoms with Crippen molar-refractivity contribution in [2.24, 2.45) is 5.84 Å². The van der Waals surface area contributed by atoms with Crippen LogP contribution in [-0.2, 0) is 12.8 Å². The summed E-state index contributed by atoms with van der Waals surface area (Å²) < 4.78 is 7.37. The summed E-state index contributed by atoms with van der Waals surface area (Å²) in [5.41, 5.74) is 3.93. The molecular weight excluding hydrogens is 242 g/mol. The van der Waals surface area contributed by atoms with Gasteiger partial charge in [0, 0.05) is 24.4 Å². The molecular formula is C13H21N5O. The van der Waals surface area contributed by atoms with E-state index in [9.17, 15) is 0 Å². The third-order valence-corrected chi connectivity index (χ3v) is 3.20. The minimum atomic E-state index is -0.0181. The average molecular weight is 263 g/mol. The van der Waals surface area contributed by atoms with E-state index in [-0.39, 0.29) is 12.1 Å². The fourth-order valence-corrected chi connectivity index (χ4v) is 2.24. The molecule has 6 heteroatoms. The highest BCUT2D eigenvalue weighted by Gasteiger charge is 2.19. The lowest BCUT2D eigenvalue weighted by Crippen LogP contribution is -2.31. The van der Waals surface area contributed by atoms with Crippen molar-refractivity contribution in [2.75, 3.05) is 0 Å². The molecule has 2 aromatic heterocycles. The Balaban J connectivity index is 2.22. The van der Waals surface area contributed by atoms with E-state index >= 15 is 0 Å². The van der Waals surface area contributed by atoms with Gasteiger partial charge >= 0.3 is 0 Å². The molecule has 0 aliphatic rings. The first-order valence-electron chi connectivity index (χ1n) is 6.58. The molecule has 0 aliphatic carbocycles. The van der Waals surface area contributed by atoms with Crippen LogP contribution in [0.1, 0.15) is 50.0 Å². The van der Waals surface area contributed by atoms with Crippen molar-refractivity contribution >= 4 is 0 Å². The van der Waals surface area contributed by atoms with Gasteiger partial charge in [-0.3, -0.25) is 11.3 Å². The van der Waals surface area contributed by atoms with E-state index in [1.165, 1.54) is 0 Å². The maximum atomic E-state index is 5.68. The number of nitrogens with two attached hydrogens (primary N) is 1. The van der Waals surface area contributed by atoms with Gasteiger partial charge in [-0.15, -0.1) is 0 Å². The number of nitrogens with one attached hydrogen (secondary N) is 1. The summed E-state index contributed by atoms with van der Waals surface area (Å²) in [6.45, 7) is 6.23. The van der Waals surface area contributed by atoms with E-state index < -0.39 is 0 Å². The normalized spacial score (nSPS) is 13.1. The van der Waals surface area contributed by atoms with Crippen LogP contribution in [0, 0.1) is 0 Å². The number of aryl methyl sites for hydroxylation is 1. The van der Waals surface area contributed by atoms with E-state index in [4.69, 9.17) is 10.3 Å². The number of nitrogens with zero attached hydrogens (tertiary/aromatic N) is 3. The Bertz CT molecular complexity index is 517. The van der Waals surface area contributed by atoms with Crippen molar-refractivity contribution < 1.29 is 4.42 Å². The SMILES string of the molecule is CCc1occc1C(Cc1ncnn1C(C)C)NN. The van der Waals surface area contributed by atoms with Crippen molar-refractivity contribution in [2.45, 2.75) is 45.7 Å². The minimum absolute atomic E-state index is 0.0181. The van der Waals surface area contributed by atoms with Crippen molar-refractivity contribution in [1.82, 2.24) is 20.2 Å². The second-order valence-electron chi connectivity index (χ2n) is 4.79. The third kappa shape index (κ3) is 2.85. The highest BCUT2D eigenvalue weighted by Crippen LogP contribution is 2.23. The van der Waals surface area contributed by atoms with Crippen molar-refractivity contribution in [3.8, 4) is 0 Å². The molecule has 0 radical (unpaired) electrons. The van der Waals surface area contributed by atoms with Crippen LogP contribution < -0.4 is 11.3 Å². The zero-order chi connectivity index (χ0) is 13.8. The van der Waals surface area contributed by atoms with Crippen molar-refractivity contribution in [3.05, 3.63) is 35.8 Å². The molecule has 2 heterocycles. The Kier molecular flexibility index (Phi) is 4.34. The first-order chi connectivity index (χ1) is 9.17. The van der Waals surface area contributed by atoms with Crippen LogP contribution in [0.2, 0.25) is 0 Å². The predicted molar refractivity (Wildman–Crippen MR) is 72.3 cm³/mol. The topological polar surface area (TPSA) is 81.9 Å². The van der Waals surface area contributed by atoms with Crippen LogP contribution in [0.3, 0.4) is 0 Å². The molecule has 0 amide bonds. The molecule has 0 saturated carbocycles. The Morgan fingerprint density at radius 3 is 2.89 bits per heavy atom. The maximum absolute atomic E-state index is 5.68. The molecule has 0 aromatic carbocycles. The third-order valence-electron chi connectivity index (χ3n) is 3.20. The molecule has 0 saturated heterocycles. The second-order valence-corrected chi connectivity index (χ2v) is 4.79. The lowest BCUT2D eigenvalue weighted by atomic mass is 10.0. The van der Waals surface area contributed by atoms with Crippen LogP contribution >= 0.6 is 0 Å². The number of hydrogen-bond acceptors (Lipinski definition) is 5.